The van der Waals surface area contributed by atoms with Gasteiger partial charge in [0, 0.05) is 25.9 Å². The maximum Gasteiger partial charge on any atom is 0.142 e. The van der Waals surface area contributed by atoms with E-state index in [4.69, 9.17) is 5.11 Å². The molecule has 0 fully saturated rings. The van der Waals surface area contributed by atoms with Crippen molar-refractivity contribution in [3.05, 3.63) is 24.3 Å². The Labute approximate surface area is 329 Å². The lowest BCUT2D eigenvalue weighted by molar-refractivity contribution is -0.892. The van der Waals surface area contributed by atoms with Gasteiger partial charge in [0.25, 0.3) is 0 Å². The lowest BCUT2D eigenvalue weighted by atomic mass is 9.91. The van der Waals surface area contributed by atoms with Crippen LogP contribution in [0.15, 0.2) is 24.3 Å². The van der Waals surface area contributed by atoms with Crippen LogP contribution in [0.3, 0.4) is 0 Å². The Morgan fingerprint density at radius 1 is 0.510 bits per heavy atom. The monoisotopic (exact) mass is 782 g/mol. The van der Waals surface area contributed by atoms with E-state index in [-0.39, 0.29) is 35.3 Å². The van der Waals surface area contributed by atoms with E-state index in [0.29, 0.717) is 25.0 Å². The summed E-state index contributed by atoms with van der Waals surface area (Å²) < 4.78 is 0.773. The van der Waals surface area contributed by atoms with Gasteiger partial charge in [-0.25, -0.2) is 0 Å². The number of aliphatic hydroxyl groups is 1. The maximum atomic E-state index is 13.5. The van der Waals surface area contributed by atoms with Crippen LogP contribution in [0.2, 0.25) is 0 Å². The minimum atomic E-state index is -0.157. The highest BCUT2D eigenvalue weighted by atomic mass is 79.9. The highest BCUT2D eigenvalue weighted by Crippen LogP contribution is 2.20. The normalized spacial score (nSPS) is 12.6. The number of hydrogen-bond acceptors (Lipinski definition) is 3. The SMILES string of the molecule is CCCCCCCC/C=C\CCCCCCCC(=O)CC(C[N+](C)(C)CCCCCO)C(=O)CCCCCCC/C=C\CCCCCCCC.[Br-]. The first kappa shape index (κ1) is 52.3. The molecule has 0 bridgehead atoms. The molecule has 0 aromatic carbocycles. The van der Waals surface area contributed by atoms with Crippen LogP contribution < -0.4 is 17.0 Å². The van der Waals surface area contributed by atoms with Gasteiger partial charge in [-0.15, -0.1) is 0 Å². The van der Waals surface area contributed by atoms with Gasteiger partial charge in [-0.05, 0) is 83.5 Å². The van der Waals surface area contributed by atoms with Crippen LogP contribution in [0.4, 0.5) is 0 Å². The molecule has 0 aromatic heterocycles. The predicted octanol–water partition coefficient (Wildman–Crippen LogP) is 10.4. The Morgan fingerprint density at radius 3 is 1.31 bits per heavy atom. The van der Waals surface area contributed by atoms with E-state index < -0.39 is 0 Å². The molecule has 0 aliphatic carbocycles. The van der Waals surface area contributed by atoms with Crippen LogP contribution in [0, 0.1) is 5.92 Å². The van der Waals surface area contributed by atoms with Gasteiger partial charge >= 0.3 is 0 Å². The minimum absolute atomic E-state index is 0. The molecule has 1 atom stereocenters. The molecule has 5 heteroatoms. The Morgan fingerprint density at radius 2 is 0.882 bits per heavy atom. The molecule has 0 heterocycles. The van der Waals surface area contributed by atoms with Crippen LogP contribution >= 0.6 is 0 Å². The van der Waals surface area contributed by atoms with Crippen LogP contribution in [0.5, 0.6) is 0 Å². The third-order valence-electron chi connectivity index (χ3n) is 10.5. The number of hydrogen-bond donors (Lipinski definition) is 1. The fourth-order valence-corrected chi connectivity index (χ4v) is 7.14. The number of halogens is 1. The molecule has 1 N–H and O–H groups in total. The molecule has 0 amide bonds. The number of rotatable bonds is 40. The van der Waals surface area contributed by atoms with Gasteiger partial charge < -0.3 is 26.6 Å². The predicted molar refractivity (Wildman–Crippen MR) is 220 cm³/mol. The highest BCUT2D eigenvalue weighted by molar-refractivity contribution is 5.88. The van der Waals surface area contributed by atoms with Crippen LogP contribution in [0.25, 0.3) is 0 Å². The number of carbonyl (C=O) groups excluding carboxylic acids is 2. The third kappa shape index (κ3) is 38.7. The summed E-state index contributed by atoms with van der Waals surface area (Å²) >= 11 is 0. The molecule has 0 spiro atoms. The summed E-state index contributed by atoms with van der Waals surface area (Å²) in [6.07, 6.45) is 46.8. The first-order valence-electron chi connectivity index (χ1n) is 22.1. The topological polar surface area (TPSA) is 54.4 Å². The van der Waals surface area contributed by atoms with Gasteiger partial charge in [0.15, 0.2) is 0 Å². The summed E-state index contributed by atoms with van der Waals surface area (Å²) in [6.45, 7) is 6.53. The van der Waals surface area contributed by atoms with E-state index in [2.05, 4.69) is 52.2 Å². The van der Waals surface area contributed by atoms with Crippen LogP contribution in [0.1, 0.15) is 219 Å². The summed E-state index contributed by atoms with van der Waals surface area (Å²) in [4.78, 5) is 26.6. The largest absolute Gasteiger partial charge is 1.00 e. The van der Waals surface area contributed by atoms with Crippen molar-refractivity contribution in [2.75, 3.05) is 33.8 Å². The number of nitrogens with zero attached hydrogens (tertiary/aromatic N) is 1. The van der Waals surface area contributed by atoms with Gasteiger partial charge in [-0.1, -0.05) is 141 Å². The van der Waals surface area contributed by atoms with E-state index in [1.165, 1.54) is 141 Å². The molecular formula is C46H88BrNO3. The number of quaternary nitrogens is 1. The van der Waals surface area contributed by atoms with E-state index in [9.17, 15) is 9.59 Å². The summed E-state index contributed by atoms with van der Waals surface area (Å²) in [5, 5.41) is 9.16. The number of carbonyl (C=O) groups is 2. The summed E-state index contributed by atoms with van der Waals surface area (Å²) in [5.74, 6) is 0.433. The second-order valence-corrected chi connectivity index (χ2v) is 16.2. The first-order chi connectivity index (χ1) is 24.4. The Balaban J connectivity index is 0. The van der Waals surface area contributed by atoms with Crippen molar-refractivity contribution < 1.29 is 36.2 Å². The van der Waals surface area contributed by atoms with Crippen molar-refractivity contribution >= 4 is 11.6 Å². The van der Waals surface area contributed by atoms with Crippen molar-refractivity contribution in [2.24, 2.45) is 5.92 Å². The molecule has 0 saturated carbocycles. The van der Waals surface area contributed by atoms with E-state index in [0.717, 1.165) is 62.5 Å². The summed E-state index contributed by atoms with van der Waals surface area (Å²) in [6, 6.07) is 0. The first-order valence-corrected chi connectivity index (χ1v) is 22.1. The zero-order valence-electron chi connectivity index (χ0n) is 34.7. The zero-order valence-corrected chi connectivity index (χ0v) is 36.3. The van der Waals surface area contributed by atoms with E-state index in [1.54, 1.807) is 0 Å². The highest BCUT2D eigenvalue weighted by Gasteiger charge is 2.29. The van der Waals surface area contributed by atoms with Crippen LogP contribution in [-0.4, -0.2) is 54.9 Å². The molecule has 0 aliphatic heterocycles. The molecule has 302 valence electrons. The lowest BCUT2D eigenvalue weighted by Gasteiger charge is -2.33. The molecule has 0 aromatic rings. The van der Waals surface area contributed by atoms with E-state index in [1.807, 2.05) is 0 Å². The molecular weight excluding hydrogens is 694 g/mol. The number of ketones is 2. The molecule has 1 unspecified atom stereocenters. The third-order valence-corrected chi connectivity index (χ3v) is 10.5. The van der Waals surface area contributed by atoms with Crippen molar-refractivity contribution in [3.8, 4) is 0 Å². The quantitative estimate of drug-likeness (QED) is 0.0383. The molecule has 0 rings (SSSR count). The van der Waals surface area contributed by atoms with Gasteiger partial charge in [-0.3, -0.25) is 9.59 Å². The molecule has 0 aliphatic rings. The average molecular weight is 783 g/mol. The van der Waals surface area contributed by atoms with Crippen molar-refractivity contribution in [3.63, 3.8) is 0 Å². The van der Waals surface area contributed by atoms with Crippen molar-refractivity contribution in [2.45, 2.75) is 219 Å². The van der Waals surface area contributed by atoms with Gasteiger partial charge in [0.2, 0.25) is 0 Å². The van der Waals surface area contributed by atoms with Crippen LogP contribution in [-0.2, 0) is 9.59 Å². The molecule has 51 heavy (non-hydrogen) atoms. The molecule has 0 radical (unpaired) electrons. The van der Waals surface area contributed by atoms with Crippen molar-refractivity contribution in [1.82, 2.24) is 0 Å². The summed E-state index contributed by atoms with van der Waals surface area (Å²) in [5.41, 5.74) is 0. The Hall–Kier alpha value is -0.780. The number of aliphatic hydroxyl groups excluding tert-OH is 1. The number of allylic oxidation sites excluding steroid dienone is 4. The second-order valence-electron chi connectivity index (χ2n) is 16.2. The number of unbranched alkanes of at least 4 members (excludes halogenated alkanes) is 24. The zero-order chi connectivity index (χ0) is 36.8. The fourth-order valence-electron chi connectivity index (χ4n) is 7.14. The van der Waals surface area contributed by atoms with E-state index >= 15 is 0 Å². The molecule has 0 saturated heterocycles. The molecule has 4 nitrogen and oxygen atoms in total. The lowest BCUT2D eigenvalue weighted by Crippen LogP contribution is -3.00. The standard InChI is InChI=1S/C46H88NO3.BrH/c1-5-7-9-11-13-15-17-19-21-23-25-27-29-31-34-38-45(49)42-44(43-47(3,4)40-36-33-37-41-48)46(50)39-35-32-30-28-26-24-22-20-18-16-14-12-10-8-6-2;/h19-22,44,48H,5-18,23-43H2,1-4H3;1H/q+1;/p-1/b21-19-,22-20-;. The van der Waals surface area contributed by atoms with Gasteiger partial charge in [0.1, 0.15) is 11.6 Å². The van der Waals surface area contributed by atoms with Gasteiger partial charge in [0.05, 0.1) is 33.1 Å². The second kappa shape index (κ2) is 40.4. The Kier molecular flexibility index (Phi) is 41.5. The number of Topliss-reactive ketones (excluding diaryl/α,β-unsaturated/α-hetero) is 2. The Bertz CT molecular complexity index is 808. The fraction of sp³-hybridized carbons (Fsp3) is 0.870. The average Bonchev–Trinajstić information content (AvgIpc) is 3.09. The summed E-state index contributed by atoms with van der Waals surface area (Å²) in [7, 11) is 4.41. The van der Waals surface area contributed by atoms with Gasteiger partial charge in [-0.2, -0.15) is 0 Å². The smallest absolute Gasteiger partial charge is 0.142 e. The maximum absolute atomic E-state index is 13.5. The van der Waals surface area contributed by atoms with Crippen molar-refractivity contribution in [1.29, 1.82) is 0 Å². The minimum Gasteiger partial charge on any atom is -1.00 e.